The predicted molar refractivity (Wildman–Crippen MR) is 85.0 cm³/mol. The second-order valence-electron chi connectivity index (χ2n) is 4.30. The molecule has 0 atom stereocenters. The SMILES string of the molecule is C#CCNCc1ccccc1OCc1ccccc1F.Cl. The number of nitrogens with one attached hydrogen (secondary N) is 1. The number of rotatable bonds is 6. The third-order valence-electron chi connectivity index (χ3n) is 2.86. The van der Waals surface area contributed by atoms with Gasteiger partial charge in [0.1, 0.15) is 18.2 Å². The van der Waals surface area contributed by atoms with E-state index in [-0.39, 0.29) is 24.8 Å². The Bertz CT molecular complexity index is 610. The number of benzene rings is 2. The fourth-order valence-corrected chi connectivity index (χ4v) is 1.83. The minimum Gasteiger partial charge on any atom is -0.488 e. The molecule has 0 aliphatic heterocycles. The summed E-state index contributed by atoms with van der Waals surface area (Å²) in [5.41, 5.74) is 1.54. The lowest BCUT2D eigenvalue weighted by Gasteiger charge is -2.12. The van der Waals surface area contributed by atoms with Crippen molar-refractivity contribution < 1.29 is 9.13 Å². The number of ether oxygens (including phenoxy) is 1. The highest BCUT2D eigenvalue weighted by Crippen LogP contribution is 2.19. The lowest BCUT2D eigenvalue weighted by atomic mass is 10.2. The van der Waals surface area contributed by atoms with Gasteiger partial charge in [0.2, 0.25) is 0 Å². The van der Waals surface area contributed by atoms with E-state index >= 15 is 0 Å². The molecule has 1 N–H and O–H groups in total. The molecule has 0 aliphatic carbocycles. The van der Waals surface area contributed by atoms with E-state index in [1.54, 1.807) is 18.2 Å². The first kappa shape index (κ1) is 17.0. The van der Waals surface area contributed by atoms with E-state index < -0.39 is 0 Å². The Kier molecular flexibility index (Phi) is 7.31. The quantitative estimate of drug-likeness (QED) is 0.651. The van der Waals surface area contributed by atoms with Crippen molar-refractivity contribution in [3.05, 3.63) is 65.5 Å². The molecule has 0 bridgehead atoms. The van der Waals surface area contributed by atoms with Gasteiger partial charge < -0.3 is 10.1 Å². The van der Waals surface area contributed by atoms with Crippen molar-refractivity contribution in [3.63, 3.8) is 0 Å². The van der Waals surface area contributed by atoms with Crippen molar-refractivity contribution in [3.8, 4) is 18.1 Å². The molecule has 4 heteroatoms. The van der Waals surface area contributed by atoms with E-state index in [9.17, 15) is 4.39 Å². The average molecular weight is 306 g/mol. The fraction of sp³-hybridized carbons (Fsp3) is 0.176. The molecule has 110 valence electrons. The van der Waals surface area contributed by atoms with Crippen LogP contribution in [0.15, 0.2) is 48.5 Å². The van der Waals surface area contributed by atoms with Crippen LogP contribution < -0.4 is 10.1 Å². The average Bonchev–Trinajstić information content (AvgIpc) is 2.48. The number of hydrogen-bond donors (Lipinski definition) is 1. The summed E-state index contributed by atoms with van der Waals surface area (Å²) in [6.07, 6.45) is 5.20. The lowest BCUT2D eigenvalue weighted by molar-refractivity contribution is 0.296. The summed E-state index contributed by atoms with van der Waals surface area (Å²) in [6, 6.07) is 14.3. The third-order valence-corrected chi connectivity index (χ3v) is 2.86. The van der Waals surface area contributed by atoms with Gasteiger partial charge in [0.25, 0.3) is 0 Å². The molecule has 2 nitrogen and oxygen atoms in total. The topological polar surface area (TPSA) is 21.3 Å². The van der Waals surface area contributed by atoms with E-state index in [2.05, 4.69) is 11.2 Å². The van der Waals surface area contributed by atoms with Gasteiger partial charge in [-0.3, -0.25) is 0 Å². The first-order valence-corrected chi connectivity index (χ1v) is 6.39. The molecular formula is C17H17ClFNO. The van der Waals surface area contributed by atoms with Gasteiger partial charge in [-0.15, -0.1) is 18.8 Å². The summed E-state index contributed by atoms with van der Waals surface area (Å²) >= 11 is 0. The normalized spacial score (nSPS) is 9.52. The van der Waals surface area contributed by atoms with Crippen LogP contribution in [-0.4, -0.2) is 6.54 Å². The molecule has 0 radical (unpaired) electrons. The van der Waals surface area contributed by atoms with Gasteiger partial charge >= 0.3 is 0 Å². The van der Waals surface area contributed by atoms with Crippen molar-refractivity contribution in [2.45, 2.75) is 13.2 Å². The number of para-hydroxylation sites is 1. The Morgan fingerprint density at radius 3 is 2.43 bits per heavy atom. The molecule has 0 unspecified atom stereocenters. The van der Waals surface area contributed by atoms with Crippen LogP contribution in [0.5, 0.6) is 5.75 Å². The molecule has 0 aliphatic rings. The molecular weight excluding hydrogens is 289 g/mol. The number of hydrogen-bond acceptors (Lipinski definition) is 2. The minimum atomic E-state index is -0.254. The summed E-state index contributed by atoms with van der Waals surface area (Å²) in [5, 5.41) is 3.11. The maximum atomic E-state index is 13.5. The first-order chi connectivity index (χ1) is 9.81. The van der Waals surface area contributed by atoms with E-state index in [4.69, 9.17) is 11.2 Å². The van der Waals surface area contributed by atoms with Crippen molar-refractivity contribution >= 4 is 12.4 Å². The molecule has 0 saturated heterocycles. The fourth-order valence-electron chi connectivity index (χ4n) is 1.83. The van der Waals surface area contributed by atoms with Gasteiger partial charge in [0.05, 0.1) is 6.54 Å². The Balaban J connectivity index is 0.00000220. The second kappa shape index (κ2) is 9.02. The zero-order valence-electron chi connectivity index (χ0n) is 11.5. The Hall–Kier alpha value is -2.02. The van der Waals surface area contributed by atoms with Gasteiger partial charge in [0.15, 0.2) is 0 Å². The second-order valence-corrected chi connectivity index (χ2v) is 4.30. The monoisotopic (exact) mass is 305 g/mol. The molecule has 0 saturated carbocycles. The third kappa shape index (κ3) is 5.11. The van der Waals surface area contributed by atoms with E-state index in [0.29, 0.717) is 18.7 Å². The van der Waals surface area contributed by atoms with Crippen molar-refractivity contribution in [2.24, 2.45) is 0 Å². The van der Waals surface area contributed by atoms with Crippen molar-refractivity contribution in [1.82, 2.24) is 5.32 Å². The van der Waals surface area contributed by atoms with Crippen LogP contribution >= 0.6 is 12.4 Å². The molecule has 0 heterocycles. The molecule has 2 aromatic carbocycles. The Morgan fingerprint density at radius 2 is 1.71 bits per heavy atom. The van der Waals surface area contributed by atoms with Crippen molar-refractivity contribution in [1.29, 1.82) is 0 Å². The highest BCUT2D eigenvalue weighted by Gasteiger charge is 2.05. The van der Waals surface area contributed by atoms with Crippen LogP contribution in [0.3, 0.4) is 0 Å². The van der Waals surface area contributed by atoms with E-state index in [0.717, 1.165) is 11.3 Å². The molecule has 0 spiro atoms. The lowest BCUT2D eigenvalue weighted by Crippen LogP contribution is -2.14. The van der Waals surface area contributed by atoms with Crippen LogP contribution in [0.1, 0.15) is 11.1 Å². The minimum absolute atomic E-state index is 0. The molecule has 0 fully saturated rings. The first-order valence-electron chi connectivity index (χ1n) is 6.39. The maximum absolute atomic E-state index is 13.5. The summed E-state index contributed by atoms with van der Waals surface area (Å²) in [6.45, 7) is 1.33. The Morgan fingerprint density at radius 1 is 1.05 bits per heavy atom. The van der Waals surface area contributed by atoms with E-state index in [1.165, 1.54) is 6.07 Å². The smallest absolute Gasteiger partial charge is 0.129 e. The van der Waals surface area contributed by atoms with E-state index in [1.807, 2.05) is 24.3 Å². The van der Waals surface area contributed by atoms with Gasteiger partial charge in [-0.1, -0.05) is 42.3 Å². The van der Waals surface area contributed by atoms with Crippen LogP contribution in [0.4, 0.5) is 4.39 Å². The maximum Gasteiger partial charge on any atom is 0.129 e. The number of halogens is 2. The summed E-state index contributed by atoms with van der Waals surface area (Å²) < 4.78 is 19.2. The predicted octanol–water partition coefficient (Wildman–Crippen LogP) is 3.55. The number of terminal acetylenes is 1. The van der Waals surface area contributed by atoms with Gasteiger partial charge in [-0.2, -0.15) is 0 Å². The zero-order chi connectivity index (χ0) is 14.2. The zero-order valence-corrected chi connectivity index (χ0v) is 12.3. The van der Waals surface area contributed by atoms with Gasteiger partial charge in [-0.05, 0) is 12.1 Å². The van der Waals surface area contributed by atoms with Crippen LogP contribution in [0, 0.1) is 18.2 Å². The van der Waals surface area contributed by atoms with Crippen LogP contribution in [0.25, 0.3) is 0 Å². The standard InChI is InChI=1S/C17H16FNO.ClH/c1-2-11-19-12-14-7-4-6-10-17(14)20-13-15-8-3-5-9-16(15)18;/h1,3-10,19H,11-13H2;1H. The van der Waals surface area contributed by atoms with Crippen molar-refractivity contribution in [2.75, 3.05) is 6.54 Å². The largest absolute Gasteiger partial charge is 0.488 e. The molecule has 2 aromatic rings. The Labute approximate surface area is 130 Å². The van der Waals surface area contributed by atoms with Gasteiger partial charge in [-0.25, -0.2) is 4.39 Å². The molecule has 21 heavy (non-hydrogen) atoms. The summed E-state index contributed by atoms with van der Waals surface area (Å²) in [4.78, 5) is 0. The summed E-state index contributed by atoms with van der Waals surface area (Å²) in [7, 11) is 0. The summed E-state index contributed by atoms with van der Waals surface area (Å²) in [5.74, 6) is 3.00. The highest BCUT2D eigenvalue weighted by molar-refractivity contribution is 5.85. The van der Waals surface area contributed by atoms with Crippen LogP contribution in [0.2, 0.25) is 0 Å². The van der Waals surface area contributed by atoms with Gasteiger partial charge in [0, 0.05) is 17.7 Å². The molecule has 0 aromatic heterocycles. The van der Waals surface area contributed by atoms with Crippen LogP contribution in [-0.2, 0) is 13.2 Å². The highest BCUT2D eigenvalue weighted by atomic mass is 35.5. The molecule has 2 rings (SSSR count). The molecule has 0 amide bonds.